The first-order valence-electron chi connectivity index (χ1n) is 11.1. The standard InChI is InChI=1S/C25H24F3N5O3/c1-15-21(35-11-5-10-32(2)3)13-33-23(15)25(29-14-30-33)36-20-9-8-16(12-19(20)28)31-24(34)22-17(26)6-4-7-18(22)27/h4,6-9,12-14H,5,10-11H2,1-3H3,(H,31,34). The molecule has 1 amide bonds. The molecule has 0 unspecified atom stereocenters. The molecule has 0 aliphatic heterocycles. The molecule has 0 atom stereocenters. The number of aromatic nitrogens is 3. The second-order valence-corrected chi connectivity index (χ2v) is 8.28. The first-order chi connectivity index (χ1) is 17.2. The van der Waals surface area contributed by atoms with E-state index in [2.05, 4.69) is 20.3 Å². The Balaban J connectivity index is 1.51. The normalized spacial score (nSPS) is 11.2. The van der Waals surface area contributed by atoms with Gasteiger partial charge in [-0.3, -0.25) is 4.79 Å². The zero-order valence-corrected chi connectivity index (χ0v) is 19.9. The van der Waals surface area contributed by atoms with Gasteiger partial charge >= 0.3 is 0 Å². The van der Waals surface area contributed by atoms with Gasteiger partial charge in [-0.1, -0.05) is 6.07 Å². The fraction of sp³-hybridized carbons (Fsp3) is 0.240. The van der Waals surface area contributed by atoms with Gasteiger partial charge in [0.1, 0.15) is 34.8 Å². The number of halogens is 3. The number of amides is 1. The molecule has 2 heterocycles. The predicted molar refractivity (Wildman–Crippen MR) is 127 cm³/mol. The number of aryl methyl sites for hydroxylation is 1. The van der Waals surface area contributed by atoms with Gasteiger partial charge in [0.2, 0.25) is 5.88 Å². The summed E-state index contributed by atoms with van der Waals surface area (Å²) < 4.78 is 55.6. The Kier molecular flexibility index (Phi) is 7.39. The number of ether oxygens (including phenoxy) is 2. The fourth-order valence-electron chi connectivity index (χ4n) is 3.56. The number of anilines is 1. The smallest absolute Gasteiger partial charge is 0.261 e. The van der Waals surface area contributed by atoms with E-state index in [9.17, 15) is 18.0 Å². The van der Waals surface area contributed by atoms with Crippen LogP contribution in [0.1, 0.15) is 22.3 Å². The summed E-state index contributed by atoms with van der Waals surface area (Å²) in [5.41, 5.74) is 0.469. The molecule has 11 heteroatoms. The summed E-state index contributed by atoms with van der Waals surface area (Å²) in [7, 11) is 3.97. The van der Waals surface area contributed by atoms with Crippen LogP contribution in [0.25, 0.3) is 5.52 Å². The maximum absolute atomic E-state index is 14.8. The molecule has 4 aromatic rings. The Morgan fingerprint density at radius 2 is 1.83 bits per heavy atom. The molecule has 8 nitrogen and oxygen atoms in total. The molecule has 0 bridgehead atoms. The van der Waals surface area contributed by atoms with E-state index in [1.165, 1.54) is 23.0 Å². The Morgan fingerprint density at radius 3 is 2.53 bits per heavy atom. The molecule has 1 N–H and O–H groups in total. The third-order valence-corrected chi connectivity index (χ3v) is 5.34. The molecule has 188 valence electrons. The summed E-state index contributed by atoms with van der Waals surface area (Å²) in [5.74, 6) is -3.36. The molecular formula is C25H24F3N5O3. The van der Waals surface area contributed by atoms with Crippen LogP contribution < -0.4 is 14.8 Å². The quantitative estimate of drug-likeness (QED) is 0.332. The van der Waals surface area contributed by atoms with Crippen LogP contribution in [0.2, 0.25) is 0 Å². The van der Waals surface area contributed by atoms with E-state index in [4.69, 9.17) is 9.47 Å². The highest BCUT2D eigenvalue weighted by atomic mass is 19.1. The average Bonchev–Trinajstić information content (AvgIpc) is 3.14. The van der Waals surface area contributed by atoms with Gasteiger partial charge in [-0.15, -0.1) is 0 Å². The number of nitrogens with one attached hydrogen (secondary N) is 1. The van der Waals surface area contributed by atoms with Gasteiger partial charge in [0, 0.05) is 23.9 Å². The van der Waals surface area contributed by atoms with Crippen molar-refractivity contribution in [2.75, 3.05) is 32.6 Å². The molecule has 2 aromatic heterocycles. The molecule has 0 radical (unpaired) electrons. The van der Waals surface area contributed by atoms with E-state index in [-0.39, 0.29) is 17.3 Å². The highest BCUT2D eigenvalue weighted by molar-refractivity contribution is 6.04. The Hall–Kier alpha value is -4.12. The second kappa shape index (κ2) is 10.6. The molecule has 2 aromatic carbocycles. The lowest BCUT2D eigenvalue weighted by molar-refractivity contribution is 0.101. The fourth-order valence-corrected chi connectivity index (χ4v) is 3.56. The minimum absolute atomic E-state index is 0.00684. The highest BCUT2D eigenvalue weighted by Crippen LogP contribution is 2.33. The molecule has 0 aliphatic rings. The van der Waals surface area contributed by atoms with Crippen molar-refractivity contribution < 1.29 is 27.4 Å². The van der Waals surface area contributed by atoms with Crippen LogP contribution in [-0.4, -0.2) is 52.7 Å². The zero-order chi connectivity index (χ0) is 25.8. The SMILES string of the molecule is Cc1c(OCCCN(C)C)cn2ncnc(Oc3ccc(NC(=O)c4c(F)cccc4F)cc3F)c12. The lowest BCUT2D eigenvalue weighted by atomic mass is 10.1. The third-order valence-electron chi connectivity index (χ3n) is 5.34. The molecular weight excluding hydrogens is 475 g/mol. The second-order valence-electron chi connectivity index (χ2n) is 8.28. The summed E-state index contributed by atoms with van der Waals surface area (Å²) >= 11 is 0. The average molecular weight is 499 g/mol. The Morgan fingerprint density at radius 1 is 1.08 bits per heavy atom. The molecule has 0 saturated heterocycles. The van der Waals surface area contributed by atoms with Crippen LogP contribution in [0.4, 0.5) is 18.9 Å². The topological polar surface area (TPSA) is 81.0 Å². The lowest BCUT2D eigenvalue weighted by Gasteiger charge is -2.11. The van der Waals surface area contributed by atoms with Crippen molar-refractivity contribution in [2.24, 2.45) is 0 Å². The van der Waals surface area contributed by atoms with Crippen LogP contribution in [0.3, 0.4) is 0 Å². The van der Waals surface area contributed by atoms with Crippen molar-refractivity contribution in [1.29, 1.82) is 0 Å². The predicted octanol–water partition coefficient (Wildman–Crippen LogP) is 4.83. The number of carbonyl (C=O) groups excluding carboxylic acids is 1. The molecule has 0 saturated carbocycles. The van der Waals surface area contributed by atoms with Crippen molar-refractivity contribution in [1.82, 2.24) is 19.5 Å². The van der Waals surface area contributed by atoms with E-state index in [0.29, 0.717) is 17.9 Å². The van der Waals surface area contributed by atoms with Gasteiger partial charge in [0.05, 0.1) is 12.8 Å². The monoisotopic (exact) mass is 499 g/mol. The van der Waals surface area contributed by atoms with E-state index >= 15 is 0 Å². The number of rotatable bonds is 9. The number of nitrogens with zero attached hydrogens (tertiary/aromatic N) is 4. The van der Waals surface area contributed by atoms with Gasteiger partial charge in [-0.25, -0.2) is 17.7 Å². The van der Waals surface area contributed by atoms with Crippen LogP contribution in [-0.2, 0) is 0 Å². The summed E-state index contributed by atoms with van der Waals surface area (Å²) in [6.07, 6.45) is 3.81. The number of benzene rings is 2. The number of hydrogen-bond donors (Lipinski definition) is 1. The summed E-state index contributed by atoms with van der Waals surface area (Å²) in [6.45, 7) is 3.22. The largest absolute Gasteiger partial charge is 0.492 e. The molecule has 36 heavy (non-hydrogen) atoms. The first-order valence-corrected chi connectivity index (χ1v) is 11.1. The van der Waals surface area contributed by atoms with Crippen molar-refractivity contribution in [3.05, 3.63) is 77.5 Å². The third kappa shape index (κ3) is 5.41. The minimum atomic E-state index is -1.04. The summed E-state index contributed by atoms with van der Waals surface area (Å²) in [6, 6.07) is 6.67. The van der Waals surface area contributed by atoms with E-state index < -0.39 is 28.9 Å². The molecule has 0 spiro atoms. The molecule has 0 aliphatic carbocycles. The Labute approximate surface area is 205 Å². The van der Waals surface area contributed by atoms with Gasteiger partial charge in [0.25, 0.3) is 5.91 Å². The van der Waals surface area contributed by atoms with Gasteiger partial charge in [0.15, 0.2) is 11.6 Å². The maximum atomic E-state index is 14.8. The van der Waals surface area contributed by atoms with Gasteiger partial charge in [-0.05, 0) is 51.7 Å². The zero-order valence-electron chi connectivity index (χ0n) is 19.9. The summed E-state index contributed by atoms with van der Waals surface area (Å²) in [4.78, 5) is 18.5. The first kappa shape index (κ1) is 25.0. The van der Waals surface area contributed by atoms with E-state index in [0.717, 1.165) is 42.8 Å². The van der Waals surface area contributed by atoms with Gasteiger partial charge < -0.3 is 19.7 Å². The van der Waals surface area contributed by atoms with Crippen molar-refractivity contribution in [2.45, 2.75) is 13.3 Å². The van der Waals surface area contributed by atoms with Crippen molar-refractivity contribution >= 4 is 17.1 Å². The number of hydrogen-bond acceptors (Lipinski definition) is 6. The highest BCUT2D eigenvalue weighted by Gasteiger charge is 2.19. The molecule has 4 rings (SSSR count). The van der Waals surface area contributed by atoms with E-state index in [1.807, 2.05) is 21.0 Å². The van der Waals surface area contributed by atoms with Crippen molar-refractivity contribution in [3.63, 3.8) is 0 Å². The summed E-state index contributed by atoms with van der Waals surface area (Å²) in [5, 5.41) is 6.45. The number of fused-ring (bicyclic) bond motifs is 1. The minimum Gasteiger partial charge on any atom is -0.492 e. The van der Waals surface area contributed by atoms with Crippen LogP contribution in [0.5, 0.6) is 17.4 Å². The Bertz CT molecular complexity index is 1390. The maximum Gasteiger partial charge on any atom is 0.261 e. The van der Waals surface area contributed by atoms with Crippen LogP contribution in [0.15, 0.2) is 48.9 Å². The lowest BCUT2D eigenvalue weighted by Crippen LogP contribution is -2.16. The molecule has 0 fully saturated rings. The van der Waals surface area contributed by atoms with Gasteiger partial charge in [-0.2, -0.15) is 10.1 Å². The van der Waals surface area contributed by atoms with Crippen molar-refractivity contribution in [3.8, 4) is 17.4 Å². The van der Waals surface area contributed by atoms with E-state index in [1.54, 1.807) is 6.20 Å². The van der Waals surface area contributed by atoms with Crippen LogP contribution in [0, 0.1) is 24.4 Å². The van der Waals surface area contributed by atoms with Crippen LogP contribution >= 0.6 is 0 Å². The number of carbonyl (C=O) groups is 1.